The molecule has 7 heteroatoms. The minimum absolute atomic E-state index is 0.147. The van der Waals surface area contributed by atoms with E-state index in [0.717, 1.165) is 30.4 Å². The van der Waals surface area contributed by atoms with Crippen LogP contribution in [0.25, 0.3) is 0 Å². The van der Waals surface area contributed by atoms with Crippen LogP contribution < -0.4 is 0 Å². The van der Waals surface area contributed by atoms with Crippen LogP contribution >= 0.6 is 0 Å². The van der Waals surface area contributed by atoms with Gasteiger partial charge in [0.15, 0.2) is 0 Å². The smallest absolute Gasteiger partial charge is 0.274 e. The van der Waals surface area contributed by atoms with Crippen LogP contribution in [-0.2, 0) is 19.6 Å². The highest BCUT2D eigenvalue weighted by Crippen LogP contribution is 2.25. The molecule has 0 saturated heterocycles. The molecule has 0 unspecified atom stereocenters. The first-order valence-electron chi connectivity index (χ1n) is 7.46. The van der Waals surface area contributed by atoms with Crippen molar-refractivity contribution in [1.82, 2.24) is 24.8 Å². The maximum Gasteiger partial charge on any atom is 0.274 e. The van der Waals surface area contributed by atoms with Gasteiger partial charge in [0.2, 0.25) is 5.89 Å². The van der Waals surface area contributed by atoms with E-state index in [1.807, 2.05) is 0 Å². The van der Waals surface area contributed by atoms with Crippen LogP contribution in [0.3, 0.4) is 0 Å². The van der Waals surface area contributed by atoms with Gasteiger partial charge in [-0.15, -0.1) is 0 Å². The fraction of sp³-hybridized carbons (Fsp3) is 0.467. The Balaban J connectivity index is 1.67. The van der Waals surface area contributed by atoms with Crippen molar-refractivity contribution in [3.05, 3.63) is 41.6 Å². The fourth-order valence-corrected chi connectivity index (χ4v) is 2.52. The molecular formula is C15H19N5O2. The topological polar surface area (TPSA) is 75.4 Å². The molecule has 0 aromatic carbocycles. The molecule has 3 heterocycles. The maximum absolute atomic E-state index is 12.3. The number of rotatable bonds is 5. The zero-order chi connectivity index (χ0) is 15.5. The van der Waals surface area contributed by atoms with E-state index in [2.05, 4.69) is 33.7 Å². The molecule has 0 atom stereocenters. The number of aromatic nitrogens is 3. The molecule has 0 aliphatic carbocycles. The number of carbonyl (C=O) groups excluding carboxylic acids is 1. The van der Waals surface area contributed by atoms with Crippen LogP contribution in [0, 0.1) is 0 Å². The Labute approximate surface area is 129 Å². The average Bonchev–Trinajstić information content (AvgIpc) is 3.11. The van der Waals surface area contributed by atoms with Crippen LogP contribution in [0.1, 0.15) is 41.7 Å². The van der Waals surface area contributed by atoms with E-state index in [9.17, 15) is 4.79 Å². The summed E-state index contributed by atoms with van der Waals surface area (Å²) in [7, 11) is 0. The van der Waals surface area contributed by atoms with E-state index >= 15 is 0 Å². The average molecular weight is 301 g/mol. The Morgan fingerprint density at radius 1 is 1.32 bits per heavy atom. The van der Waals surface area contributed by atoms with Crippen molar-refractivity contribution in [2.45, 2.75) is 33.5 Å². The Morgan fingerprint density at radius 2 is 2.14 bits per heavy atom. The van der Waals surface area contributed by atoms with Crippen molar-refractivity contribution >= 4 is 5.91 Å². The summed E-state index contributed by atoms with van der Waals surface area (Å²) in [5.41, 5.74) is 1.19. The monoisotopic (exact) mass is 301 g/mol. The molecule has 3 rings (SSSR count). The molecule has 1 aliphatic heterocycles. The summed E-state index contributed by atoms with van der Waals surface area (Å²) in [4.78, 5) is 28.7. The summed E-state index contributed by atoms with van der Waals surface area (Å²) in [5, 5.41) is 0. The number of hydrogen-bond acceptors (Lipinski definition) is 6. The molecule has 0 bridgehead atoms. The number of carbonyl (C=O) groups is 1. The second kappa shape index (κ2) is 6.23. The number of fused-ring (bicyclic) bond motifs is 1. The van der Waals surface area contributed by atoms with Crippen LogP contribution in [0.5, 0.6) is 0 Å². The van der Waals surface area contributed by atoms with E-state index in [-0.39, 0.29) is 5.91 Å². The summed E-state index contributed by atoms with van der Waals surface area (Å²) in [6.07, 6.45) is 4.54. The first kappa shape index (κ1) is 14.6. The zero-order valence-electron chi connectivity index (χ0n) is 12.8. The van der Waals surface area contributed by atoms with Gasteiger partial charge in [-0.1, -0.05) is 13.8 Å². The van der Waals surface area contributed by atoms with Crippen molar-refractivity contribution in [3.63, 3.8) is 0 Å². The molecule has 116 valence electrons. The summed E-state index contributed by atoms with van der Waals surface area (Å²) < 4.78 is 5.79. The van der Waals surface area contributed by atoms with Crippen molar-refractivity contribution in [2.75, 3.05) is 13.1 Å². The van der Waals surface area contributed by atoms with E-state index in [0.29, 0.717) is 25.3 Å². The van der Waals surface area contributed by atoms with Crippen LogP contribution in [0.2, 0.25) is 0 Å². The Kier molecular flexibility index (Phi) is 4.15. The summed E-state index contributed by atoms with van der Waals surface area (Å²) in [5.74, 6) is 1.35. The molecule has 0 radical (unpaired) electrons. The van der Waals surface area contributed by atoms with Crippen LogP contribution in [0.4, 0.5) is 0 Å². The van der Waals surface area contributed by atoms with E-state index in [1.54, 1.807) is 11.1 Å². The van der Waals surface area contributed by atoms with Gasteiger partial charge in [-0.2, -0.15) is 0 Å². The zero-order valence-corrected chi connectivity index (χ0v) is 12.8. The van der Waals surface area contributed by atoms with Gasteiger partial charge < -0.3 is 9.32 Å². The lowest BCUT2D eigenvalue weighted by molar-refractivity contribution is 0.0734. The Morgan fingerprint density at radius 3 is 2.77 bits per heavy atom. The largest absolute Gasteiger partial charge is 0.442 e. The van der Waals surface area contributed by atoms with Gasteiger partial charge in [0, 0.05) is 12.4 Å². The lowest BCUT2D eigenvalue weighted by Gasteiger charge is -2.16. The van der Waals surface area contributed by atoms with Crippen molar-refractivity contribution in [3.8, 4) is 0 Å². The lowest BCUT2D eigenvalue weighted by atomic mass is 10.4. The van der Waals surface area contributed by atoms with E-state index < -0.39 is 0 Å². The van der Waals surface area contributed by atoms with Gasteiger partial charge in [0.05, 0.1) is 25.8 Å². The summed E-state index contributed by atoms with van der Waals surface area (Å²) in [6, 6.07) is 0. The molecule has 2 aromatic heterocycles. The second-order valence-corrected chi connectivity index (χ2v) is 5.19. The summed E-state index contributed by atoms with van der Waals surface area (Å²) >= 11 is 0. The normalized spacial score (nSPS) is 13.7. The molecule has 0 fully saturated rings. The fourth-order valence-electron chi connectivity index (χ4n) is 2.52. The number of amides is 1. The second-order valence-electron chi connectivity index (χ2n) is 5.19. The highest BCUT2D eigenvalue weighted by molar-refractivity contribution is 5.92. The molecule has 1 amide bonds. The predicted molar refractivity (Wildman–Crippen MR) is 78.7 cm³/mol. The number of nitrogens with zero attached hydrogens (tertiary/aromatic N) is 5. The SMILES string of the molecule is CCN(CC)Cc1nc2c(o1)CN(C(=O)c1cnccn1)C2. The van der Waals surface area contributed by atoms with E-state index in [1.165, 1.54) is 12.4 Å². The molecule has 0 N–H and O–H groups in total. The van der Waals surface area contributed by atoms with Crippen LogP contribution in [0.15, 0.2) is 23.0 Å². The third-order valence-electron chi connectivity index (χ3n) is 3.82. The lowest BCUT2D eigenvalue weighted by Crippen LogP contribution is -2.27. The quantitative estimate of drug-likeness (QED) is 0.832. The van der Waals surface area contributed by atoms with Crippen molar-refractivity contribution in [2.24, 2.45) is 0 Å². The van der Waals surface area contributed by atoms with Gasteiger partial charge in [-0.25, -0.2) is 9.97 Å². The van der Waals surface area contributed by atoms with Crippen LogP contribution in [-0.4, -0.2) is 43.7 Å². The first-order valence-corrected chi connectivity index (χ1v) is 7.46. The highest BCUT2D eigenvalue weighted by Gasteiger charge is 2.30. The van der Waals surface area contributed by atoms with Crippen molar-refractivity contribution < 1.29 is 9.21 Å². The third-order valence-corrected chi connectivity index (χ3v) is 3.82. The van der Waals surface area contributed by atoms with Gasteiger partial charge in [-0.05, 0) is 13.1 Å². The third kappa shape index (κ3) is 2.85. The highest BCUT2D eigenvalue weighted by atomic mass is 16.4. The van der Waals surface area contributed by atoms with Gasteiger partial charge >= 0.3 is 0 Å². The predicted octanol–water partition coefficient (Wildman–Crippen LogP) is 1.46. The Bertz CT molecular complexity index is 628. The Hall–Kier alpha value is -2.28. The molecule has 1 aliphatic rings. The molecule has 0 saturated carbocycles. The van der Waals surface area contributed by atoms with Gasteiger partial charge in [0.25, 0.3) is 5.91 Å². The molecular weight excluding hydrogens is 282 g/mol. The van der Waals surface area contributed by atoms with Gasteiger partial charge in [-0.3, -0.25) is 14.7 Å². The number of oxazole rings is 1. The van der Waals surface area contributed by atoms with Crippen molar-refractivity contribution in [1.29, 1.82) is 0 Å². The molecule has 2 aromatic rings. The van der Waals surface area contributed by atoms with E-state index in [4.69, 9.17) is 4.42 Å². The van der Waals surface area contributed by atoms with Gasteiger partial charge in [0.1, 0.15) is 17.1 Å². The maximum atomic E-state index is 12.3. The minimum Gasteiger partial charge on any atom is -0.442 e. The molecule has 22 heavy (non-hydrogen) atoms. The summed E-state index contributed by atoms with van der Waals surface area (Å²) in [6.45, 7) is 7.76. The first-order chi connectivity index (χ1) is 10.7. The number of hydrogen-bond donors (Lipinski definition) is 0. The minimum atomic E-state index is -0.147. The standard InChI is InChI=1S/C15H19N5O2/c1-3-19(4-2)10-14-18-12-8-20(9-13(12)22-14)15(21)11-7-16-5-6-17-11/h5-7H,3-4,8-10H2,1-2H3. The molecule has 0 spiro atoms. The molecule has 7 nitrogen and oxygen atoms in total.